The molecule has 18 heavy (non-hydrogen) atoms. The lowest BCUT2D eigenvalue weighted by Gasteiger charge is -2.33. The Kier molecular flexibility index (Phi) is 3.31. The van der Waals surface area contributed by atoms with Crippen molar-refractivity contribution in [3.8, 4) is 5.75 Å². The number of halogens is 2. The third-order valence-electron chi connectivity index (χ3n) is 2.66. The van der Waals surface area contributed by atoms with Crippen LogP contribution in [0.3, 0.4) is 0 Å². The zero-order valence-corrected chi connectivity index (χ0v) is 9.60. The van der Waals surface area contributed by atoms with Crippen molar-refractivity contribution in [3.63, 3.8) is 0 Å². The minimum atomic E-state index is -2.68. The van der Waals surface area contributed by atoms with E-state index >= 15 is 0 Å². The fourth-order valence-corrected chi connectivity index (χ4v) is 1.90. The van der Waals surface area contributed by atoms with Crippen LogP contribution in [-0.4, -0.2) is 30.1 Å². The van der Waals surface area contributed by atoms with Gasteiger partial charge in [0.15, 0.2) is 5.75 Å². The summed E-state index contributed by atoms with van der Waals surface area (Å²) in [4.78, 5) is 16.0. The molecule has 0 unspecified atom stereocenters. The first-order chi connectivity index (χ1) is 8.46. The van der Waals surface area contributed by atoms with Crippen LogP contribution >= 0.6 is 0 Å². The number of anilines is 1. The van der Waals surface area contributed by atoms with Gasteiger partial charge in [-0.15, -0.1) is 0 Å². The maximum absolute atomic E-state index is 13.2. The van der Waals surface area contributed by atoms with E-state index in [0.717, 1.165) is 0 Å². The van der Waals surface area contributed by atoms with Gasteiger partial charge in [-0.2, -0.15) is 0 Å². The van der Waals surface area contributed by atoms with Crippen LogP contribution in [0.1, 0.15) is 12.8 Å². The summed E-state index contributed by atoms with van der Waals surface area (Å²) in [6.45, 7) is 0.203. The maximum Gasteiger partial charge on any atom is 0.410 e. The van der Waals surface area contributed by atoms with Gasteiger partial charge in [0.05, 0.1) is 12.7 Å². The zero-order chi connectivity index (χ0) is 13.2. The number of piperidine rings is 1. The third-order valence-corrected chi connectivity index (χ3v) is 2.66. The van der Waals surface area contributed by atoms with Crippen LogP contribution in [0.25, 0.3) is 0 Å². The maximum atomic E-state index is 13.2. The summed E-state index contributed by atoms with van der Waals surface area (Å²) in [6, 6.07) is 3.00. The predicted octanol–water partition coefficient (Wildman–Crippen LogP) is 1.77. The summed E-state index contributed by atoms with van der Waals surface area (Å²) in [7, 11) is 0. The molecule has 0 aromatic carbocycles. The van der Waals surface area contributed by atoms with Gasteiger partial charge in [0.25, 0.3) is 5.92 Å². The van der Waals surface area contributed by atoms with Crippen LogP contribution in [0.5, 0.6) is 5.75 Å². The number of carbonyl (C=O) groups excluding carboxylic acids is 1. The molecule has 2 heterocycles. The number of primary amides is 1. The molecule has 1 saturated heterocycles. The topological polar surface area (TPSA) is 68.5 Å². The molecule has 0 saturated carbocycles. The molecule has 0 atom stereocenters. The lowest BCUT2D eigenvalue weighted by atomic mass is 10.1. The quantitative estimate of drug-likeness (QED) is 0.876. The van der Waals surface area contributed by atoms with Gasteiger partial charge in [-0.25, -0.2) is 18.6 Å². The molecule has 1 aromatic rings. The van der Waals surface area contributed by atoms with Crippen LogP contribution in [-0.2, 0) is 0 Å². The van der Waals surface area contributed by atoms with Gasteiger partial charge in [-0.05, 0) is 18.6 Å². The van der Waals surface area contributed by atoms with Crippen molar-refractivity contribution in [2.24, 2.45) is 5.73 Å². The summed E-state index contributed by atoms with van der Waals surface area (Å²) >= 11 is 0. The van der Waals surface area contributed by atoms with Gasteiger partial charge in [0.1, 0.15) is 5.82 Å². The van der Waals surface area contributed by atoms with Gasteiger partial charge in [0.2, 0.25) is 0 Å². The van der Waals surface area contributed by atoms with E-state index in [0.29, 0.717) is 18.8 Å². The first kappa shape index (κ1) is 12.5. The summed E-state index contributed by atoms with van der Waals surface area (Å²) in [5, 5.41) is 0. The monoisotopic (exact) mass is 257 g/mol. The minimum Gasteiger partial charge on any atom is -0.409 e. The SMILES string of the molecule is NC(=O)Oc1ccc(N2CCCC(F)(F)C2)nc1. The number of aromatic nitrogens is 1. The molecule has 1 amide bonds. The van der Waals surface area contributed by atoms with Crippen molar-refractivity contribution in [1.82, 2.24) is 4.98 Å². The fraction of sp³-hybridized carbons (Fsp3) is 0.455. The standard InChI is InChI=1S/C11H13F2N3O2/c12-11(13)4-1-5-16(7-11)9-3-2-8(6-15-9)18-10(14)17/h2-3,6H,1,4-5,7H2,(H2,14,17). The molecule has 0 aliphatic carbocycles. The summed E-state index contributed by atoms with van der Waals surface area (Å²) in [6.07, 6.45) is 0.682. The molecular weight excluding hydrogens is 244 g/mol. The van der Waals surface area contributed by atoms with Gasteiger partial charge >= 0.3 is 6.09 Å². The molecule has 5 nitrogen and oxygen atoms in total. The highest BCUT2D eigenvalue weighted by atomic mass is 19.3. The molecule has 0 spiro atoms. The summed E-state index contributed by atoms with van der Waals surface area (Å²) < 4.78 is 31.1. The largest absolute Gasteiger partial charge is 0.410 e. The van der Waals surface area contributed by atoms with Crippen LogP contribution in [0, 0.1) is 0 Å². The molecule has 1 fully saturated rings. The highest BCUT2D eigenvalue weighted by molar-refractivity contribution is 5.68. The van der Waals surface area contributed by atoms with Gasteiger partial charge in [0, 0.05) is 13.0 Å². The Labute approximate surface area is 103 Å². The first-order valence-corrected chi connectivity index (χ1v) is 5.52. The molecule has 0 bridgehead atoms. The normalized spacial score (nSPS) is 18.4. The Morgan fingerprint density at radius 2 is 2.28 bits per heavy atom. The van der Waals surface area contributed by atoms with E-state index in [4.69, 9.17) is 5.73 Å². The molecule has 7 heteroatoms. The predicted molar refractivity (Wildman–Crippen MR) is 60.8 cm³/mol. The van der Waals surface area contributed by atoms with Crippen molar-refractivity contribution in [3.05, 3.63) is 18.3 Å². The summed E-state index contributed by atoms with van der Waals surface area (Å²) in [5.41, 5.74) is 4.84. The lowest BCUT2D eigenvalue weighted by molar-refractivity contribution is -0.0118. The van der Waals surface area contributed by atoms with E-state index in [1.54, 1.807) is 0 Å². The smallest absolute Gasteiger partial charge is 0.409 e. The molecule has 1 aliphatic heterocycles. The van der Waals surface area contributed by atoms with Crippen LogP contribution in [0.15, 0.2) is 18.3 Å². The van der Waals surface area contributed by atoms with Crippen molar-refractivity contribution in [2.45, 2.75) is 18.8 Å². The number of amides is 1. The molecule has 0 radical (unpaired) electrons. The Morgan fingerprint density at radius 3 is 2.83 bits per heavy atom. The van der Waals surface area contributed by atoms with Crippen LogP contribution in [0.2, 0.25) is 0 Å². The molecule has 1 aromatic heterocycles. The highest BCUT2D eigenvalue weighted by Gasteiger charge is 2.35. The van der Waals surface area contributed by atoms with Crippen molar-refractivity contribution in [2.75, 3.05) is 18.0 Å². The molecule has 2 rings (SSSR count). The Balaban J connectivity index is 2.07. The van der Waals surface area contributed by atoms with E-state index < -0.39 is 12.0 Å². The lowest BCUT2D eigenvalue weighted by Crippen LogP contribution is -2.43. The van der Waals surface area contributed by atoms with Crippen LogP contribution in [0.4, 0.5) is 19.4 Å². The Hall–Kier alpha value is -1.92. The second-order valence-electron chi connectivity index (χ2n) is 4.15. The zero-order valence-electron chi connectivity index (χ0n) is 9.60. The second-order valence-corrected chi connectivity index (χ2v) is 4.15. The average molecular weight is 257 g/mol. The van der Waals surface area contributed by atoms with Gasteiger partial charge < -0.3 is 15.4 Å². The van der Waals surface area contributed by atoms with Gasteiger partial charge in [-0.3, -0.25) is 0 Å². The first-order valence-electron chi connectivity index (χ1n) is 5.52. The molecule has 98 valence electrons. The second kappa shape index (κ2) is 4.75. The fourth-order valence-electron chi connectivity index (χ4n) is 1.90. The molecular formula is C11H13F2N3O2. The third kappa shape index (κ3) is 3.06. The van der Waals surface area contributed by atoms with E-state index in [1.807, 2.05) is 0 Å². The Bertz CT molecular complexity index is 436. The number of alkyl halides is 2. The number of ether oxygens (including phenoxy) is 1. The summed E-state index contributed by atoms with van der Waals surface area (Å²) in [5.74, 6) is -2.05. The van der Waals surface area contributed by atoms with Crippen molar-refractivity contribution < 1.29 is 18.3 Å². The molecule has 2 N–H and O–H groups in total. The van der Waals surface area contributed by atoms with E-state index in [9.17, 15) is 13.6 Å². The van der Waals surface area contributed by atoms with Crippen LogP contribution < -0.4 is 15.4 Å². The van der Waals surface area contributed by atoms with E-state index in [-0.39, 0.29) is 18.7 Å². The number of nitrogens with two attached hydrogens (primary N) is 1. The Morgan fingerprint density at radius 1 is 1.50 bits per heavy atom. The van der Waals surface area contributed by atoms with Crippen molar-refractivity contribution in [1.29, 1.82) is 0 Å². The van der Waals surface area contributed by atoms with E-state index in [2.05, 4.69) is 9.72 Å². The minimum absolute atomic E-state index is 0.0909. The number of hydrogen-bond acceptors (Lipinski definition) is 4. The number of rotatable bonds is 2. The number of hydrogen-bond donors (Lipinski definition) is 1. The van der Waals surface area contributed by atoms with Gasteiger partial charge in [-0.1, -0.05) is 0 Å². The number of carbonyl (C=O) groups is 1. The molecule has 1 aliphatic rings. The average Bonchev–Trinajstić information content (AvgIpc) is 2.28. The van der Waals surface area contributed by atoms with Crippen molar-refractivity contribution >= 4 is 11.9 Å². The number of nitrogens with zero attached hydrogens (tertiary/aromatic N) is 2. The number of pyridine rings is 1. The highest BCUT2D eigenvalue weighted by Crippen LogP contribution is 2.29. The van der Waals surface area contributed by atoms with E-state index in [1.165, 1.54) is 23.2 Å².